The summed E-state index contributed by atoms with van der Waals surface area (Å²) in [5, 5.41) is 12.1. The molecule has 4 aromatic rings. The highest BCUT2D eigenvalue weighted by Crippen LogP contribution is 2.35. The fraction of sp³-hybridized carbons (Fsp3) is 0.158. The van der Waals surface area contributed by atoms with Gasteiger partial charge in [0.25, 0.3) is 0 Å². The molecule has 0 spiro atoms. The van der Waals surface area contributed by atoms with Crippen LogP contribution in [-0.2, 0) is 4.74 Å². The molecule has 2 heterocycles. The Balaban J connectivity index is 1.83. The fourth-order valence-corrected chi connectivity index (χ4v) is 3.83. The van der Waals surface area contributed by atoms with Crippen molar-refractivity contribution in [3.05, 3.63) is 47.5 Å². The molecule has 0 radical (unpaired) electrons. The number of anilines is 2. The van der Waals surface area contributed by atoms with Crippen LogP contribution in [0.2, 0.25) is 0 Å². The molecule has 2 N–H and O–H groups in total. The SMILES string of the molecule is CCOc1ccc(Nc2ncnc3ccc4nc(C(=N)OC)sc4c23)c(F)c1. The number of ether oxygens (including phenoxy) is 2. The molecule has 0 aliphatic carbocycles. The van der Waals surface area contributed by atoms with Gasteiger partial charge in [0, 0.05) is 6.07 Å². The largest absolute Gasteiger partial charge is 0.494 e. The third-order valence-corrected chi connectivity index (χ3v) is 5.15. The van der Waals surface area contributed by atoms with Crippen molar-refractivity contribution in [1.29, 1.82) is 5.41 Å². The highest BCUT2D eigenvalue weighted by molar-refractivity contribution is 7.21. The number of hydrogen-bond donors (Lipinski definition) is 2. The van der Waals surface area contributed by atoms with Crippen molar-refractivity contribution in [2.24, 2.45) is 0 Å². The van der Waals surface area contributed by atoms with Gasteiger partial charge in [0.2, 0.25) is 5.90 Å². The van der Waals surface area contributed by atoms with Crippen LogP contribution in [-0.4, -0.2) is 34.6 Å². The summed E-state index contributed by atoms with van der Waals surface area (Å²) in [5.41, 5.74) is 1.66. The second kappa shape index (κ2) is 7.35. The Hall–Kier alpha value is -3.33. The van der Waals surface area contributed by atoms with E-state index in [9.17, 15) is 4.39 Å². The fourth-order valence-electron chi connectivity index (χ4n) is 2.79. The van der Waals surface area contributed by atoms with E-state index in [1.165, 1.54) is 30.8 Å². The van der Waals surface area contributed by atoms with Crippen LogP contribution >= 0.6 is 11.3 Å². The molecular weight excluding hydrogens is 381 g/mol. The minimum Gasteiger partial charge on any atom is -0.494 e. The number of fused-ring (bicyclic) bond motifs is 3. The van der Waals surface area contributed by atoms with Gasteiger partial charge in [-0.15, -0.1) is 11.3 Å². The molecular formula is C19H16FN5O2S. The first kappa shape index (κ1) is 18.1. The molecule has 0 unspecified atom stereocenters. The molecule has 7 nitrogen and oxygen atoms in total. The summed E-state index contributed by atoms with van der Waals surface area (Å²) >= 11 is 1.30. The number of rotatable bonds is 5. The van der Waals surface area contributed by atoms with Crippen LogP contribution in [0.25, 0.3) is 21.1 Å². The molecule has 0 aliphatic heterocycles. The summed E-state index contributed by atoms with van der Waals surface area (Å²) in [5.74, 6) is 0.456. The third-order valence-electron chi connectivity index (χ3n) is 4.06. The predicted octanol–water partition coefficient (Wildman–Crippen LogP) is 4.49. The summed E-state index contributed by atoms with van der Waals surface area (Å²) < 4.78 is 25.6. The third kappa shape index (κ3) is 3.20. The monoisotopic (exact) mass is 397 g/mol. The Labute approximate surface area is 163 Å². The zero-order chi connectivity index (χ0) is 19.7. The average molecular weight is 397 g/mol. The van der Waals surface area contributed by atoms with Gasteiger partial charge in [-0.3, -0.25) is 5.41 Å². The lowest BCUT2D eigenvalue weighted by Gasteiger charge is -2.11. The van der Waals surface area contributed by atoms with E-state index in [1.807, 2.05) is 19.1 Å². The van der Waals surface area contributed by atoms with E-state index in [1.54, 1.807) is 12.1 Å². The van der Waals surface area contributed by atoms with Crippen LogP contribution in [0.5, 0.6) is 5.75 Å². The Morgan fingerprint density at radius 3 is 2.79 bits per heavy atom. The highest BCUT2D eigenvalue weighted by atomic mass is 32.1. The average Bonchev–Trinajstić information content (AvgIpc) is 3.14. The van der Waals surface area contributed by atoms with E-state index in [4.69, 9.17) is 14.9 Å². The van der Waals surface area contributed by atoms with Gasteiger partial charge in [-0.2, -0.15) is 0 Å². The lowest BCUT2D eigenvalue weighted by molar-refractivity contribution is 0.338. The van der Waals surface area contributed by atoms with E-state index < -0.39 is 5.82 Å². The normalized spacial score (nSPS) is 11.0. The van der Waals surface area contributed by atoms with Crippen LogP contribution < -0.4 is 10.1 Å². The maximum absolute atomic E-state index is 14.5. The van der Waals surface area contributed by atoms with Crippen molar-refractivity contribution in [3.8, 4) is 5.75 Å². The van der Waals surface area contributed by atoms with Crippen molar-refractivity contribution < 1.29 is 13.9 Å². The molecule has 28 heavy (non-hydrogen) atoms. The summed E-state index contributed by atoms with van der Waals surface area (Å²) in [6, 6.07) is 8.27. The van der Waals surface area contributed by atoms with Gasteiger partial charge in [0.1, 0.15) is 23.7 Å². The zero-order valence-corrected chi connectivity index (χ0v) is 15.9. The van der Waals surface area contributed by atoms with E-state index in [2.05, 4.69) is 20.3 Å². The first-order chi connectivity index (χ1) is 13.6. The summed E-state index contributed by atoms with van der Waals surface area (Å²) in [6.07, 6.45) is 1.42. The smallest absolute Gasteiger partial charge is 0.242 e. The van der Waals surface area contributed by atoms with Crippen LogP contribution in [0, 0.1) is 11.2 Å². The van der Waals surface area contributed by atoms with Crippen LogP contribution in [0.1, 0.15) is 11.9 Å². The molecule has 142 valence electrons. The van der Waals surface area contributed by atoms with Crippen LogP contribution in [0.15, 0.2) is 36.7 Å². The van der Waals surface area contributed by atoms with Gasteiger partial charge in [-0.25, -0.2) is 19.3 Å². The molecule has 0 bridgehead atoms. The molecule has 0 atom stereocenters. The summed E-state index contributed by atoms with van der Waals surface area (Å²) in [4.78, 5) is 13.0. The van der Waals surface area contributed by atoms with Crippen LogP contribution in [0.3, 0.4) is 0 Å². The first-order valence-corrected chi connectivity index (χ1v) is 9.29. The molecule has 0 fully saturated rings. The van der Waals surface area contributed by atoms with Gasteiger partial charge >= 0.3 is 0 Å². The molecule has 0 saturated heterocycles. The maximum atomic E-state index is 14.5. The number of nitrogens with one attached hydrogen (secondary N) is 2. The zero-order valence-electron chi connectivity index (χ0n) is 15.1. The van der Waals surface area contributed by atoms with E-state index in [0.717, 1.165) is 4.70 Å². The van der Waals surface area contributed by atoms with Gasteiger partial charge in [0.05, 0.1) is 40.5 Å². The quantitative estimate of drug-likeness (QED) is 0.381. The summed E-state index contributed by atoms with van der Waals surface area (Å²) in [7, 11) is 1.43. The Kier molecular flexibility index (Phi) is 4.74. The number of halogens is 1. The second-order valence-electron chi connectivity index (χ2n) is 5.78. The van der Waals surface area contributed by atoms with Gasteiger partial charge < -0.3 is 14.8 Å². The second-order valence-corrected chi connectivity index (χ2v) is 6.78. The minimum absolute atomic E-state index is 0.0155. The topological polar surface area (TPSA) is 93.0 Å². The minimum atomic E-state index is -0.448. The number of benzene rings is 2. The lowest BCUT2D eigenvalue weighted by atomic mass is 10.2. The van der Waals surface area contributed by atoms with Gasteiger partial charge in [-0.1, -0.05) is 0 Å². The van der Waals surface area contributed by atoms with E-state index in [-0.39, 0.29) is 11.6 Å². The van der Waals surface area contributed by atoms with Gasteiger partial charge in [0.15, 0.2) is 5.01 Å². The number of thiazole rings is 1. The molecule has 9 heteroatoms. The molecule has 4 rings (SSSR count). The Bertz CT molecular complexity index is 1190. The van der Waals surface area contributed by atoms with E-state index in [0.29, 0.717) is 39.6 Å². The molecule has 0 aliphatic rings. The van der Waals surface area contributed by atoms with Crippen molar-refractivity contribution in [2.75, 3.05) is 19.0 Å². The van der Waals surface area contributed by atoms with Crippen molar-refractivity contribution in [3.63, 3.8) is 0 Å². The Morgan fingerprint density at radius 1 is 1.21 bits per heavy atom. The Morgan fingerprint density at radius 2 is 2.04 bits per heavy atom. The van der Waals surface area contributed by atoms with E-state index >= 15 is 0 Å². The van der Waals surface area contributed by atoms with Crippen molar-refractivity contribution >= 4 is 49.9 Å². The lowest BCUT2D eigenvalue weighted by Crippen LogP contribution is -1.99. The maximum Gasteiger partial charge on any atom is 0.242 e. The number of nitrogens with zero attached hydrogens (tertiary/aromatic N) is 3. The molecule has 0 saturated carbocycles. The van der Waals surface area contributed by atoms with Crippen molar-refractivity contribution in [2.45, 2.75) is 6.92 Å². The van der Waals surface area contributed by atoms with Gasteiger partial charge in [-0.05, 0) is 31.2 Å². The summed E-state index contributed by atoms with van der Waals surface area (Å²) in [6.45, 7) is 2.31. The van der Waals surface area contributed by atoms with Crippen LogP contribution in [0.4, 0.5) is 15.9 Å². The molecule has 2 aromatic carbocycles. The highest BCUT2D eigenvalue weighted by Gasteiger charge is 2.16. The standard InChI is InChI=1S/C19H16FN5O2S/c1-3-27-10-4-5-12(11(20)8-10)24-18-15-13(22-9-23-18)6-7-14-16(15)28-19(25-14)17(21)26-2/h4-9,21H,3H2,1-2H3,(H,22,23,24). The number of hydrogen-bond acceptors (Lipinski definition) is 8. The molecule has 0 amide bonds. The molecule has 2 aromatic heterocycles. The first-order valence-electron chi connectivity index (χ1n) is 8.47. The van der Waals surface area contributed by atoms with Crippen molar-refractivity contribution in [1.82, 2.24) is 15.0 Å². The number of aromatic nitrogens is 3. The predicted molar refractivity (Wildman–Crippen MR) is 107 cm³/mol. The number of methoxy groups -OCH3 is 1.